The van der Waals surface area contributed by atoms with Gasteiger partial charge in [0.15, 0.2) is 0 Å². The van der Waals surface area contributed by atoms with Crippen molar-refractivity contribution in [1.29, 1.82) is 0 Å². The maximum atomic E-state index is 12.2. The molecule has 3 aromatic rings. The zero-order valence-electron chi connectivity index (χ0n) is 11.8. The molecule has 4 nitrogen and oxygen atoms in total. The fraction of sp³-hybridized carbons (Fsp3) is 0.118. The number of nitrogen functional groups attached to an aromatic ring is 1. The van der Waals surface area contributed by atoms with Crippen LogP contribution in [0.3, 0.4) is 0 Å². The van der Waals surface area contributed by atoms with Gasteiger partial charge in [0.05, 0.1) is 0 Å². The van der Waals surface area contributed by atoms with E-state index in [1.807, 2.05) is 49.4 Å². The highest BCUT2D eigenvalue weighted by molar-refractivity contribution is 5.98. The molecule has 0 aliphatic rings. The van der Waals surface area contributed by atoms with E-state index in [0.717, 1.165) is 16.5 Å². The van der Waals surface area contributed by atoms with Gasteiger partial charge in [-0.25, -0.2) is 0 Å². The van der Waals surface area contributed by atoms with Crippen LogP contribution in [0.2, 0.25) is 0 Å². The molecule has 4 N–H and O–H groups in total. The van der Waals surface area contributed by atoms with Gasteiger partial charge in [0.2, 0.25) is 0 Å². The van der Waals surface area contributed by atoms with Crippen LogP contribution in [0, 0.1) is 6.92 Å². The van der Waals surface area contributed by atoms with E-state index in [1.165, 1.54) is 5.56 Å². The summed E-state index contributed by atoms with van der Waals surface area (Å²) in [4.78, 5) is 15.3. The molecule has 1 heterocycles. The highest BCUT2D eigenvalue weighted by Crippen LogP contribution is 2.18. The third-order valence-corrected chi connectivity index (χ3v) is 3.42. The number of nitrogens with one attached hydrogen (secondary N) is 2. The van der Waals surface area contributed by atoms with Crippen molar-refractivity contribution in [2.24, 2.45) is 0 Å². The Balaban J connectivity index is 1.74. The molecule has 0 radical (unpaired) electrons. The molecule has 2 aromatic carbocycles. The molecule has 21 heavy (non-hydrogen) atoms. The lowest BCUT2D eigenvalue weighted by Gasteiger charge is -2.04. The van der Waals surface area contributed by atoms with Gasteiger partial charge in [-0.3, -0.25) is 4.79 Å². The van der Waals surface area contributed by atoms with Crippen molar-refractivity contribution in [2.75, 3.05) is 5.73 Å². The summed E-state index contributed by atoms with van der Waals surface area (Å²) in [6.07, 6.45) is 0. The van der Waals surface area contributed by atoms with Crippen molar-refractivity contribution >= 4 is 22.5 Å². The number of H-pyrrole nitrogens is 1. The summed E-state index contributed by atoms with van der Waals surface area (Å²) in [5, 5.41) is 3.86. The van der Waals surface area contributed by atoms with Gasteiger partial charge in [0.1, 0.15) is 5.69 Å². The lowest BCUT2D eigenvalue weighted by atomic mass is 10.1. The number of rotatable bonds is 3. The predicted octanol–water partition coefficient (Wildman–Crippen LogP) is 2.99. The molecule has 0 fully saturated rings. The minimum atomic E-state index is -0.119. The number of aryl methyl sites for hydroxylation is 1. The SMILES string of the molecule is Cc1cccc(CNC(=O)c2cc3cc(N)ccc3[nH]2)c1. The molecule has 0 spiro atoms. The van der Waals surface area contributed by atoms with Crippen molar-refractivity contribution in [1.82, 2.24) is 10.3 Å². The molecule has 1 aromatic heterocycles. The summed E-state index contributed by atoms with van der Waals surface area (Å²) in [5.41, 5.74) is 10.2. The molecule has 1 amide bonds. The first-order valence-corrected chi connectivity index (χ1v) is 6.84. The Morgan fingerprint density at radius 1 is 1.19 bits per heavy atom. The van der Waals surface area contributed by atoms with Gasteiger partial charge in [-0.2, -0.15) is 0 Å². The number of carbonyl (C=O) groups is 1. The van der Waals surface area contributed by atoms with Gasteiger partial charge < -0.3 is 16.0 Å². The Kier molecular flexibility index (Phi) is 3.36. The largest absolute Gasteiger partial charge is 0.399 e. The van der Waals surface area contributed by atoms with Gasteiger partial charge in [-0.05, 0) is 36.8 Å². The Morgan fingerprint density at radius 3 is 2.86 bits per heavy atom. The number of hydrogen-bond donors (Lipinski definition) is 3. The average molecular weight is 279 g/mol. The van der Waals surface area contributed by atoms with Crippen LogP contribution in [0.25, 0.3) is 10.9 Å². The highest BCUT2D eigenvalue weighted by Gasteiger charge is 2.09. The van der Waals surface area contributed by atoms with E-state index >= 15 is 0 Å². The molecule has 4 heteroatoms. The average Bonchev–Trinajstić information content (AvgIpc) is 2.88. The van der Waals surface area contributed by atoms with E-state index in [4.69, 9.17) is 5.73 Å². The van der Waals surface area contributed by atoms with Crippen LogP contribution < -0.4 is 11.1 Å². The van der Waals surface area contributed by atoms with Crippen LogP contribution in [-0.2, 0) is 6.54 Å². The molecular weight excluding hydrogens is 262 g/mol. The topological polar surface area (TPSA) is 70.9 Å². The van der Waals surface area contributed by atoms with E-state index in [1.54, 1.807) is 0 Å². The monoisotopic (exact) mass is 279 g/mol. The number of hydrogen-bond acceptors (Lipinski definition) is 2. The third kappa shape index (κ3) is 2.89. The van der Waals surface area contributed by atoms with E-state index in [2.05, 4.69) is 16.4 Å². The van der Waals surface area contributed by atoms with Crippen LogP contribution in [0.4, 0.5) is 5.69 Å². The standard InChI is InChI=1S/C17H17N3O/c1-11-3-2-4-12(7-11)10-19-17(21)16-9-13-8-14(18)5-6-15(13)20-16/h2-9,20H,10,18H2,1H3,(H,19,21). The second-order valence-electron chi connectivity index (χ2n) is 5.20. The first kappa shape index (κ1) is 13.2. The summed E-state index contributed by atoms with van der Waals surface area (Å²) >= 11 is 0. The molecule has 0 unspecified atom stereocenters. The normalized spacial score (nSPS) is 10.7. The molecule has 0 aliphatic carbocycles. The fourth-order valence-corrected chi connectivity index (χ4v) is 2.37. The number of anilines is 1. The summed E-state index contributed by atoms with van der Waals surface area (Å²) in [7, 11) is 0. The molecule has 0 saturated carbocycles. The van der Waals surface area contributed by atoms with Crippen molar-refractivity contribution in [3.63, 3.8) is 0 Å². The minimum absolute atomic E-state index is 0.119. The first-order chi connectivity index (χ1) is 10.1. The highest BCUT2D eigenvalue weighted by atomic mass is 16.1. The van der Waals surface area contributed by atoms with Crippen LogP contribution in [-0.4, -0.2) is 10.9 Å². The van der Waals surface area contributed by atoms with E-state index in [9.17, 15) is 4.79 Å². The Morgan fingerprint density at radius 2 is 2.05 bits per heavy atom. The molecule has 3 rings (SSSR count). The maximum absolute atomic E-state index is 12.2. The molecule has 106 valence electrons. The summed E-state index contributed by atoms with van der Waals surface area (Å²) in [6, 6.07) is 15.4. The summed E-state index contributed by atoms with van der Waals surface area (Å²) in [5.74, 6) is -0.119. The number of benzene rings is 2. The Bertz CT molecular complexity index is 805. The Labute approximate surface area is 123 Å². The van der Waals surface area contributed by atoms with Crippen LogP contribution in [0.1, 0.15) is 21.6 Å². The van der Waals surface area contributed by atoms with Crippen LogP contribution in [0.15, 0.2) is 48.5 Å². The quantitative estimate of drug-likeness (QED) is 0.645. The van der Waals surface area contributed by atoms with Gasteiger partial charge in [0, 0.05) is 23.1 Å². The smallest absolute Gasteiger partial charge is 0.267 e. The van der Waals surface area contributed by atoms with E-state index in [-0.39, 0.29) is 5.91 Å². The van der Waals surface area contributed by atoms with Gasteiger partial charge in [0.25, 0.3) is 5.91 Å². The van der Waals surface area contributed by atoms with Crippen LogP contribution >= 0.6 is 0 Å². The van der Waals surface area contributed by atoms with Crippen molar-refractivity contribution < 1.29 is 4.79 Å². The number of amides is 1. The molecular formula is C17H17N3O. The van der Waals surface area contributed by atoms with Gasteiger partial charge >= 0.3 is 0 Å². The predicted molar refractivity (Wildman–Crippen MR) is 85.1 cm³/mol. The minimum Gasteiger partial charge on any atom is -0.399 e. The lowest BCUT2D eigenvalue weighted by Crippen LogP contribution is -2.23. The first-order valence-electron chi connectivity index (χ1n) is 6.84. The van der Waals surface area contributed by atoms with E-state index in [0.29, 0.717) is 17.9 Å². The fourth-order valence-electron chi connectivity index (χ4n) is 2.37. The zero-order chi connectivity index (χ0) is 14.8. The number of aromatic amines is 1. The summed E-state index contributed by atoms with van der Waals surface area (Å²) < 4.78 is 0. The molecule has 0 bridgehead atoms. The second-order valence-corrected chi connectivity index (χ2v) is 5.20. The zero-order valence-corrected chi connectivity index (χ0v) is 11.8. The van der Waals surface area contributed by atoms with Crippen molar-refractivity contribution in [3.8, 4) is 0 Å². The van der Waals surface area contributed by atoms with Crippen LogP contribution in [0.5, 0.6) is 0 Å². The maximum Gasteiger partial charge on any atom is 0.267 e. The molecule has 0 aliphatic heterocycles. The van der Waals surface area contributed by atoms with Crippen molar-refractivity contribution in [3.05, 3.63) is 65.4 Å². The lowest BCUT2D eigenvalue weighted by molar-refractivity contribution is 0.0946. The summed E-state index contributed by atoms with van der Waals surface area (Å²) in [6.45, 7) is 2.55. The number of carbonyl (C=O) groups excluding carboxylic acids is 1. The van der Waals surface area contributed by atoms with E-state index < -0.39 is 0 Å². The van der Waals surface area contributed by atoms with Gasteiger partial charge in [-0.1, -0.05) is 29.8 Å². The second kappa shape index (κ2) is 5.32. The number of nitrogens with two attached hydrogens (primary N) is 1. The number of fused-ring (bicyclic) bond motifs is 1. The van der Waals surface area contributed by atoms with Gasteiger partial charge in [-0.15, -0.1) is 0 Å². The molecule has 0 atom stereocenters. The molecule has 0 saturated heterocycles. The number of aromatic nitrogens is 1. The Hall–Kier alpha value is -2.75. The van der Waals surface area contributed by atoms with Crippen molar-refractivity contribution in [2.45, 2.75) is 13.5 Å². The third-order valence-electron chi connectivity index (χ3n) is 3.42.